The summed E-state index contributed by atoms with van der Waals surface area (Å²) in [6, 6.07) is 14.9. The molecule has 28 heavy (non-hydrogen) atoms. The number of benzene rings is 1. The number of amides is 2. The summed E-state index contributed by atoms with van der Waals surface area (Å²) in [6.45, 7) is 4.55. The van der Waals surface area contributed by atoms with E-state index in [0.29, 0.717) is 23.1 Å². The average molecular weight is 395 g/mol. The molecule has 0 spiro atoms. The Balaban J connectivity index is 1.98. The van der Waals surface area contributed by atoms with Gasteiger partial charge in [0.2, 0.25) is 0 Å². The fraction of sp³-hybridized carbons (Fsp3) is 0.227. The van der Waals surface area contributed by atoms with Crippen LogP contribution in [0.2, 0.25) is 5.02 Å². The molecule has 0 saturated carbocycles. The Morgan fingerprint density at radius 3 is 2.57 bits per heavy atom. The number of anilines is 2. The number of halogens is 1. The van der Waals surface area contributed by atoms with Crippen LogP contribution in [0.4, 0.5) is 16.3 Å². The van der Waals surface area contributed by atoms with Gasteiger partial charge in [0.05, 0.1) is 5.69 Å². The quantitative estimate of drug-likeness (QED) is 0.574. The molecule has 0 radical (unpaired) electrons. The van der Waals surface area contributed by atoms with Crippen molar-refractivity contribution >= 4 is 29.1 Å². The van der Waals surface area contributed by atoms with E-state index in [0.717, 1.165) is 29.7 Å². The standard InChI is InChI=1S/C22H23ClN4O/c1-3-6-16-9-10-20(17-7-5-8-18(23)15-17)26-21(16)27(4-2)22(28)25-19-11-13-24-14-12-19/h5,7-15H,3-4,6H2,1-2H3,(H,24,25,28). The van der Waals surface area contributed by atoms with Crippen molar-refractivity contribution in [3.05, 3.63) is 71.5 Å². The lowest BCUT2D eigenvalue weighted by Gasteiger charge is -2.24. The van der Waals surface area contributed by atoms with Gasteiger partial charge in [-0.1, -0.05) is 43.1 Å². The molecule has 0 aliphatic rings. The number of carbonyl (C=O) groups is 1. The summed E-state index contributed by atoms with van der Waals surface area (Å²) in [7, 11) is 0. The summed E-state index contributed by atoms with van der Waals surface area (Å²) in [6.07, 6.45) is 5.10. The first-order valence-corrected chi connectivity index (χ1v) is 9.74. The predicted molar refractivity (Wildman–Crippen MR) is 115 cm³/mol. The molecule has 0 fully saturated rings. The minimum Gasteiger partial charge on any atom is -0.307 e. The number of pyridine rings is 2. The molecule has 2 aromatic heterocycles. The summed E-state index contributed by atoms with van der Waals surface area (Å²) in [5.74, 6) is 0.674. The maximum Gasteiger partial charge on any atom is 0.327 e. The predicted octanol–water partition coefficient (Wildman–Crippen LogP) is 5.81. The Morgan fingerprint density at radius 2 is 1.89 bits per heavy atom. The molecule has 0 aliphatic heterocycles. The zero-order valence-corrected chi connectivity index (χ0v) is 16.8. The molecule has 6 heteroatoms. The number of aryl methyl sites for hydroxylation is 1. The fourth-order valence-electron chi connectivity index (χ4n) is 3.00. The highest BCUT2D eigenvalue weighted by Crippen LogP contribution is 2.27. The highest BCUT2D eigenvalue weighted by molar-refractivity contribution is 6.30. The first-order valence-electron chi connectivity index (χ1n) is 9.36. The van der Waals surface area contributed by atoms with Crippen LogP contribution in [0, 0.1) is 0 Å². The van der Waals surface area contributed by atoms with Gasteiger partial charge < -0.3 is 5.32 Å². The van der Waals surface area contributed by atoms with Crippen LogP contribution in [-0.2, 0) is 6.42 Å². The van der Waals surface area contributed by atoms with Crippen LogP contribution in [-0.4, -0.2) is 22.5 Å². The van der Waals surface area contributed by atoms with Gasteiger partial charge in [-0.25, -0.2) is 9.78 Å². The summed E-state index contributed by atoms with van der Waals surface area (Å²) in [5, 5.41) is 3.57. The Hall–Kier alpha value is -2.92. The highest BCUT2D eigenvalue weighted by Gasteiger charge is 2.19. The van der Waals surface area contributed by atoms with Gasteiger partial charge in [0, 0.05) is 35.2 Å². The second-order valence-electron chi connectivity index (χ2n) is 6.35. The van der Waals surface area contributed by atoms with Crippen LogP contribution < -0.4 is 10.2 Å². The Bertz CT molecular complexity index is 946. The van der Waals surface area contributed by atoms with E-state index < -0.39 is 0 Å². The molecule has 0 bridgehead atoms. The Kier molecular flexibility index (Phi) is 6.61. The maximum absolute atomic E-state index is 12.9. The lowest BCUT2D eigenvalue weighted by atomic mass is 10.1. The van der Waals surface area contributed by atoms with Crippen molar-refractivity contribution in [3.8, 4) is 11.3 Å². The minimum atomic E-state index is -0.221. The van der Waals surface area contributed by atoms with E-state index in [2.05, 4.69) is 17.2 Å². The monoisotopic (exact) mass is 394 g/mol. The molecule has 0 saturated heterocycles. The number of nitrogens with zero attached hydrogens (tertiary/aromatic N) is 3. The largest absolute Gasteiger partial charge is 0.327 e. The smallest absolute Gasteiger partial charge is 0.307 e. The van der Waals surface area contributed by atoms with Crippen molar-refractivity contribution in [2.45, 2.75) is 26.7 Å². The van der Waals surface area contributed by atoms with Crippen LogP contribution in [0.15, 0.2) is 60.9 Å². The van der Waals surface area contributed by atoms with Crippen molar-refractivity contribution in [1.29, 1.82) is 0 Å². The third-order valence-corrected chi connectivity index (χ3v) is 4.58. The van der Waals surface area contributed by atoms with Crippen molar-refractivity contribution < 1.29 is 4.79 Å². The number of hydrogen-bond donors (Lipinski definition) is 1. The topological polar surface area (TPSA) is 58.1 Å². The maximum atomic E-state index is 12.9. The summed E-state index contributed by atoms with van der Waals surface area (Å²) in [5.41, 5.74) is 3.44. The van der Waals surface area contributed by atoms with Crippen molar-refractivity contribution in [1.82, 2.24) is 9.97 Å². The number of hydrogen-bond acceptors (Lipinski definition) is 3. The summed E-state index contributed by atoms with van der Waals surface area (Å²) >= 11 is 6.14. The molecule has 2 amide bonds. The van der Waals surface area contributed by atoms with E-state index in [4.69, 9.17) is 16.6 Å². The van der Waals surface area contributed by atoms with Gasteiger partial charge in [-0.3, -0.25) is 9.88 Å². The normalized spacial score (nSPS) is 10.5. The van der Waals surface area contributed by atoms with E-state index >= 15 is 0 Å². The minimum absolute atomic E-state index is 0.221. The van der Waals surface area contributed by atoms with E-state index in [1.165, 1.54) is 0 Å². The molecule has 1 aromatic carbocycles. The molecule has 0 aliphatic carbocycles. The second-order valence-corrected chi connectivity index (χ2v) is 6.79. The van der Waals surface area contributed by atoms with Gasteiger partial charge >= 0.3 is 6.03 Å². The van der Waals surface area contributed by atoms with E-state index in [9.17, 15) is 4.79 Å². The molecular weight excluding hydrogens is 372 g/mol. The number of nitrogens with one attached hydrogen (secondary N) is 1. The van der Waals surface area contributed by atoms with Gasteiger partial charge in [-0.2, -0.15) is 0 Å². The second kappa shape index (κ2) is 9.33. The highest BCUT2D eigenvalue weighted by atomic mass is 35.5. The molecular formula is C22H23ClN4O. The number of urea groups is 1. The average Bonchev–Trinajstić information content (AvgIpc) is 2.70. The Labute approximate surface area is 170 Å². The molecule has 1 N–H and O–H groups in total. The van der Waals surface area contributed by atoms with E-state index in [-0.39, 0.29) is 6.03 Å². The summed E-state index contributed by atoms with van der Waals surface area (Å²) in [4.78, 5) is 23.4. The molecule has 3 aromatic rings. The first kappa shape index (κ1) is 19.8. The zero-order chi connectivity index (χ0) is 19.9. The van der Waals surface area contributed by atoms with Crippen molar-refractivity contribution in [2.75, 3.05) is 16.8 Å². The van der Waals surface area contributed by atoms with Crippen molar-refractivity contribution in [3.63, 3.8) is 0 Å². The molecule has 5 nitrogen and oxygen atoms in total. The lowest BCUT2D eigenvalue weighted by Crippen LogP contribution is -2.36. The lowest BCUT2D eigenvalue weighted by molar-refractivity contribution is 0.257. The van der Waals surface area contributed by atoms with E-state index in [1.54, 1.807) is 29.4 Å². The SMILES string of the molecule is CCCc1ccc(-c2cccc(Cl)c2)nc1N(CC)C(=O)Nc1ccncc1. The third-order valence-electron chi connectivity index (χ3n) is 4.34. The fourth-order valence-corrected chi connectivity index (χ4v) is 3.19. The summed E-state index contributed by atoms with van der Waals surface area (Å²) < 4.78 is 0. The van der Waals surface area contributed by atoms with Crippen LogP contribution in [0.1, 0.15) is 25.8 Å². The van der Waals surface area contributed by atoms with Gasteiger partial charge in [0.25, 0.3) is 0 Å². The van der Waals surface area contributed by atoms with Crippen molar-refractivity contribution in [2.24, 2.45) is 0 Å². The third kappa shape index (κ3) is 4.67. The van der Waals surface area contributed by atoms with Gasteiger partial charge in [0.1, 0.15) is 5.82 Å². The zero-order valence-electron chi connectivity index (χ0n) is 16.0. The van der Waals surface area contributed by atoms with Gasteiger partial charge in [-0.15, -0.1) is 0 Å². The molecule has 144 valence electrons. The van der Waals surface area contributed by atoms with Gasteiger partial charge in [-0.05, 0) is 49.2 Å². The molecule has 2 heterocycles. The first-order chi connectivity index (χ1) is 13.6. The molecule has 0 atom stereocenters. The number of carbonyl (C=O) groups excluding carboxylic acids is 1. The number of rotatable bonds is 6. The van der Waals surface area contributed by atoms with Gasteiger partial charge in [0.15, 0.2) is 0 Å². The number of aromatic nitrogens is 2. The van der Waals surface area contributed by atoms with Crippen LogP contribution in [0.25, 0.3) is 11.3 Å². The van der Waals surface area contributed by atoms with Crippen LogP contribution >= 0.6 is 11.6 Å². The van der Waals surface area contributed by atoms with E-state index in [1.807, 2.05) is 43.3 Å². The van der Waals surface area contributed by atoms with Crippen LogP contribution in [0.5, 0.6) is 0 Å². The molecule has 0 unspecified atom stereocenters. The Morgan fingerprint density at radius 1 is 1.11 bits per heavy atom. The molecule has 3 rings (SSSR count). The van der Waals surface area contributed by atoms with Crippen LogP contribution in [0.3, 0.4) is 0 Å².